The number of esters is 1. The molecule has 0 bridgehead atoms. The zero-order valence-corrected chi connectivity index (χ0v) is 30.7. The van der Waals surface area contributed by atoms with Crippen molar-refractivity contribution in [3.8, 4) is 5.75 Å². The predicted octanol–water partition coefficient (Wildman–Crippen LogP) is 9.03. The van der Waals surface area contributed by atoms with Gasteiger partial charge < -0.3 is 18.3 Å². The van der Waals surface area contributed by atoms with Gasteiger partial charge in [0.05, 0.1) is 17.8 Å². The first-order valence-corrected chi connectivity index (χ1v) is 20.7. The molecule has 1 aromatic carbocycles. The minimum Gasteiger partial charge on any atom is -0.491 e. The highest BCUT2D eigenvalue weighted by atomic mass is 28.4. The molecular weight excluding hydrogens is 614 g/mol. The quantitative estimate of drug-likeness (QED) is 0.113. The van der Waals surface area contributed by atoms with Crippen LogP contribution in [0.3, 0.4) is 0 Å². The van der Waals surface area contributed by atoms with E-state index in [2.05, 4.69) is 66.7 Å². The van der Waals surface area contributed by atoms with Crippen molar-refractivity contribution in [2.24, 2.45) is 17.8 Å². The largest absolute Gasteiger partial charge is 0.491 e. The summed E-state index contributed by atoms with van der Waals surface area (Å²) in [5.41, 5.74) is -0.739. The molecule has 5 atom stereocenters. The van der Waals surface area contributed by atoms with Gasteiger partial charge in [-0.3, -0.25) is 4.79 Å². The smallest absolute Gasteiger partial charge is 0.416 e. The summed E-state index contributed by atoms with van der Waals surface area (Å²) in [5.74, 6) is 0.571. The lowest BCUT2D eigenvalue weighted by Crippen LogP contribution is -2.41. The number of fused-ring (bicyclic) bond motifs is 1. The van der Waals surface area contributed by atoms with Gasteiger partial charge in [0.25, 0.3) is 0 Å². The molecule has 5 nitrogen and oxygen atoms in total. The highest BCUT2D eigenvalue weighted by Crippen LogP contribution is 2.42. The summed E-state index contributed by atoms with van der Waals surface area (Å²) in [6.07, 6.45) is 6.88. The summed E-state index contributed by atoms with van der Waals surface area (Å²) >= 11 is 0. The van der Waals surface area contributed by atoms with Crippen LogP contribution in [0.4, 0.5) is 13.2 Å². The highest BCUT2D eigenvalue weighted by Gasteiger charge is 2.45. The Kier molecular flexibility index (Phi) is 14.0. The Hall–Kier alpha value is -1.89. The number of hydrogen-bond acceptors (Lipinski definition) is 5. The lowest BCUT2D eigenvalue weighted by molar-refractivity contribution is -0.151. The summed E-state index contributed by atoms with van der Waals surface area (Å²) in [4.78, 5) is 12.7. The average Bonchev–Trinajstić information content (AvgIpc) is 3.33. The minimum atomic E-state index is -4.45. The van der Waals surface area contributed by atoms with Crippen LogP contribution in [-0.4, -0.2) is 49.0 Å². The van der Waals surface area contributed by atoms with E-state index < -0.39 is 35.9 Å². The summed E-state index contributed by atoms with van der Waals surface area (Å²) < 4.78 is 65.8. The Morgan fingerprint density at radius 1 is 1.11 bits per heavy atom. The minimum absolute atomic E-state index is 0.00272. The van der Waals surface area contributed by atoms with Gasteiger partial charge >= 0.3 is 12.1 Å². The third-order valence-corrected chi connectivity index (χ3v) is 17.0. The first kappa shape index (κ1) is 37.6. The Bertz CT molecular complexity index is 1120. The number of carbonyl (C=O) groups is 1. The molecule has 0 unspecified atom stereocenters. The van der Waals surface area contributed by atoms with Gasteiger partial charge in [-0.25, -0.2) is 0 Å². The van der Waals surface area contributed by atoms with E-state index in [9.17, 15) is 18.0 Å². The van der Waals surface area contributed by atoms with Crippen LogP contribution in [0.1, 0.15) is 86.1 Å². The van der Waals surface area contributed by atoms with Gasteiger partial charge in [0.1, 0.15) is 18.5 Å². The maximum absolute atomic E-state index is 13.4. The second-order valence-electron chi connectivity index (χ2n) is 13.7. The van der Waals surface area contributed by atoms with Gasteiger partial charge in [-0.1, -0.05) is 78.8 Å². The molecule has 1 saturated carbocycles. The summed E-state index contributed by atoms with van der Waals surface area (Å²) in [6, 6.07) is 7.81. The molecular formula is C35H55F3O5Si2. The molecule has 1 aliphatic heterocycles. The fourth-order valence-corrected chi connectivity index (χ4v) is 10.2. The van der Waals surface area contributed by atoms with Crippen molar-refractivity contribution >= 4 is 24.0 Å². The average molecular weight is 669 g/mol. The van der Waals surface area contributed by atoms with Gasteiger partial charge in [0.2, 0.25) is 0 Å². The third kappa shape index (κ3) is 10.8. The van der Waals surface area contributed by atoms with Crippen LogP contribution in [0, 0.1) is 17.8 Å². The fraction of sp³-hybridized carbons (Fsp3) is 0.686. The molecule has 0 saturated heterocycles. The zero-order valence-electron chi connectivity index (χ0n) is 28.3. The van der Waals surface area contributed by atoms with Gasteiger partial charge in [-0.2, -0.15) is 13.2 Å². The van der Waals surface area contributed by atoms with Crippen molar-refractivity contribution in [2.75, 3.05) is 6.61 Å². The van der Waals surface area contributed by atoms with Crippen LogP contribution < -0.4 is 4.74 Å². The van der Waals surface area contributed by atoms with Gasteiger partial charge in [-0.15, -0.1) is 0 Å². The molecule has 0 aromatic heterocycles. The lowest BCUT2D eigenvalue weighted by atomic mass is 9.89. The standard InChI is InChI=1S/C35H55F3O5Si2/c1-8-45(9-2,10-3)43-28(24-40-27-17-15-16-26(22-27)35(36,37)38)20-21-30-29-18-13-11-12-14-19-33(39)41-31(29)23-32(30)42-44-34(6,7)25(4)5/h11,13,15-17,20-22,25,28-32H,8-10,12,14,18-19,23-24,44H2,1-7H3/b13-11?,21-20-/t28-,29-,30-,31+,32-/m1/s1. The lowest BCUT2D eigenvalue weighted by Gasteiger charge is -2.33. The molecule has 10 heteroatoms. The summed E-state index contributed by atoms with van der Waals surface area (Å²) in [7, 11) is -3.02. The van der Waals surface area contributed by atoms with Crippen LogP contribution in [0.25, 0.3) is 0 Å². The Labute approximate surface area is 272 Å². The van der Waals surface area contributed by atoms with Crippen LogP contribution >= 0.6 is 0 Å². The van der Waals surface area contributed by atoms with Crippen molar-refractivity contribution in [3.63, 3.8) is 0 Å². The second-order valence-corrected chi connectivity index (χ2v) is 20.9. The van der Waals surface area contributed by atoms with E-state index in [1.807, 2.05) is 6.08 Å². The van der Waals surface area contributed by atoms with Gasteiger partial charge in [0, 0.05) is 24.7 Å². The fourth-order valence-electron chi connectivity index (χ4n) is 6.07. The topological polar surface area (TPSA) is 54.0 Å². The number of benzene rings is 1. The first-order chi connectivity index (χ1) is 21.2. The van der Waals surface area contributed by atoms with Crippen LogP contribution in [0.2, 0.25) is 23.2 Å². The van der Waals surface area contributed by atoms with Crippen LogP contribution in [-0.2, 0) is 24.6 Å². The molecule has 0 spiro atoms. The van der Waals surface area contributed by atoms with E-state index in [4.69, 9.17) is 18.3 Å². The van der Waals surface area contributed by atoms with Crippen molar-refractivity contribution in [1.82, 2.24) is 0 Å². The first-order valence-electron chi connectivity index (χ1n) is 16.9. The molecule has 254 valence electrons. The van der Waals surface area contributed by atoms with E-state index in [0.717, 1.165) is 49.5 Å². The number of allylic oxidation sites excluding steroid dienone is 2. The van der Waals surface area contributed by atoms with Crippen molar-refractivity contribution in [1.29, 1.82) is 0 Å². The van der Waals surface area contributed by atoms with E-state index in [1.165, 1.54) is 6.07 Å². The van der Waals surface area contributed by atoms with Gasteiger partial charge in [0.15, 0.2) is 18.1 Å². The maximum atomic E-state index is 13.4. The number of ether oxygens (including phenoxy) is 2. The van der Waals surface area contributed by atoms with E-state index in [0.29, 0.717) is 18.8 Å². The zero-order chi connectivity index (χ0) is 33.3. The Balaban J connectivity index is 1.93. The number of halogens is 3. The monoisotopic (exact) mass is 668 g/mol. The number of carbonyl (C=O) groups excluding carboxylic acids is 1. The van der Waals surface area contributed by atoms with Crippen molar-refractivity contribution in [2.45, 2.75) is 128 Å². The van der Waals surface area contributed by atoms with E-state index in [1.54, 1.807) is 6.07 Å². The molecule has 2 aliphatic rings. The Morgan fingerprint density at radius 2 is 1.82 bits per heavy atom. The molecule has 45 heavy (non-hydrogen) atoms. The number of hydrogen-bond donors (Lipinski definition) is 0. The normalized spacial score (nSPS) is 24.4. The maximum Gasteiger partial charge on any atom is 0.416 e. The van der Waals surface area contributed by atoms with E-state index >= 15 is 0 Å². The molecule has 1 fully saturated rings. The van der Waals surface area contributed by atoms with Crippen LogP contribution in [0.15, 0.2) is 48.6 Å². The van der Waals surface area contributed by atoms with Crippen molar-refractivity contribution < 1.29 is 36.3 Å². The molecule has 0 amide bonds. The third-order valence-electron chi connectivity index (χ3n) is 10.2. The molecule has 0 radical (unpaired) electrons. The predicted molar refractivity (Wildman–Crippen MR) is 180 cm³/mol. The molecule has 1 aliphatic carbocycles. The summed E-state index contributed by atoms with van der Waals surface area (Å²) in [6.45, 7) is 15.6. The SMILES string of the molecule is CC[Si](CC)(CC)O[C@H](/C=C\[C@@H]1[C@H]2CC=CCCCC(=O)O[C@H]2C[C@H]1O[SiH2]C(C)(C)C(C)C)COc1cccc(C(F)(F)F)c1. The molecule has 1 aromatic rings. The Morgan fingerprint density at radius 3 is 2.47 bits per heavy atom. The molecule has 1 heterocycles. The van der Waals surface area contributed by atoms with E-state index in [-0.39, 0.29) is 47.4 Å². The highest BCUT2D eigenvalue weighted by molar-refractivity contribution is 6.73. The van der Waals surface area contributed by atoms with Crippen molar-refractivity contribution in [3.05, 3.63) is 54.1 Å². The van der Waals surface area contributed by atoms with Crippen LogP contribution in [0.5, 0.6) is 5.75 Å². The number of rotatable bonds is 14. The summed E-state index contributed by atoms with van der Waals surface area (Å²) in [5, 5.41) is 0.111. The van der Waals surface area contributed by atoms with Gasteiger partial charge in [-0.05, 0) is 66.6 Å². The molecule has 3 rings (SSSR count). The number of alkyl halides is 3. The second kappa shape index (κ2) is 16.8. The molecule has 0 N–H and O–H groups in total.